The van der Waals surface area contributed by atoms with E-state index in [-0.39, 0.29) is 11.9 Å². The van der Waals surface area contributed by atoms with Gasteiger partial charge in [0.05, 0.1) is 5.92 Å². The zero-order valence-corrected chi connectivity index (χ0v) is 12.2. The summed E-state index contributed by atoms with van der Waals surface area (Å²) < 4.78 is 5.72. The second kappa shape index (κ2) is 5.57. The smallest absolute Gasteiger partial charge is 0.311 e. The number of cyclic esters (lactones) is 1. The third-order valence-electron chi connectivity index (χ3n) is 4.61. The molecule has 1 unspecified atom stereocenters. The van der Waals surface area contributed by atoms with E-state index in [9.17, 15) is 4.79 Å². The Balaban J connectivity index is 1.68. The van der Waals surface area contributed by atoms with Crippen LogP contribution in [0.4, 0.5) is 0 Å². The van der Waals surface area contributed by atoms with Gasteiger partial charge in [0.25, 0.3) is 0 Å². The molecule has 0 aliphatic carbocycles. The van der Waals surface area contributed by atoms with Gasteiger partial charge >= 0.3 is 5.97 Å². The summed E-state index contributed by atoms with van der Waals surface area (Å²) >= 11 is 0. The topological polar surface area (TPSA) is 29.5 Å². The van der Waals surface area contributed by atoms with E-state index in [2.05, 4.69) is 17.0 Å². The summed E-state index contributed by atoms with van der Waals surface area (Å²) in [6.07, 6.45) is 4.65. The summed E-state index contributed by atoms with van der Waals surface area (Å²) in [6.45, 7) is 5.16. The molecule has 1 aromatic rings. The van der Waals surface area contributed by atoms with Crippen LogP contribution in [0.15, 0.2) is 30.3 Å². The van der Waals surface area contributed by atoms with E-state index in [0.717, 1.165) is 31.6 Å². The van der Waals surface area contributed by atoms with Gasteiger partial charge in [0.15, 0.2) is 0 Å². The zero-order chi connectivity index (χ0) is 14.0. The largest absolute Gasteiger partial charge is 0.454 e. The molecule has 2 fully saturated rings. The normalized spacial score (nSPS) is 31.2. The molecule has 1 aromatic carbocycles. The van der Waals surface area contributed by atoms with E-state index in [1.165, 1.54) is 19.3 Å². The summed E-state index contributed by atoms with van der Waals surface area (Å²) in [5, 5.41) is 0. The number of carbonyl (C=O) groups is 1. The number of carbonyl (C=O) groups excluding carboxylic acids is 1. The predicted molar refractivity (Wildman–Crippen MR) is 78.3 cm³/mol. The lowest BCUT2D eigenvalue weighted by atomic mass is 9.88. The van der Waals surface area contributed by atoms with Crippen molar-refractivity contribution in [2.45, 2.75) is 38.2 Å². The third kappa shape index (κ3) is 2.73. The quantitative estimate of drug-likeness (QED) is 0.793. The van der Waals surface area contributed by atoms with Gasteiger partial charge < -0.3 is 9.64 Å². The lowest BCUT2D eigenvalue weighted by molar-refractivity contribution is -0.150. The van der Waals surface area contributed by atoms with Gasteiger partial charge in [-0.2, -0.15) is 0 Å². The number of hydrogen-bond donors (Lipinski definition) is 0. The number of likely N-dealkylation sites (tertiary alicyclic amines) is 1. The number of benzene rings is 1. The zero-order valence-electron chi connectivity index (χ0n) is 12.2. The molecule has 2 saturated heterocycles. The molecule has 3 heteroatoms. The number of ether oxygens (including phenoxy) is 1. The highest BCUT2D eigenvalue weighted by molar-refractivity contribution is 5.76. The standard InChI is InChI=1S/C17H23NO2/c1-17(15-8-4-2-5-9-15)12-14(16(19)20-17)13-18-10-6-3-7-11-18/h2,4-5,8-9,14H,3,6-7,10-13H2,1H3/t14?,17-/m0/s1. The van der Waals surface area contributed by atoms with Crippen molar-refractivity contribution in [3.05, 3.63) is 35.9 Å². The maximum atomic E-state index is 12.2. The van der Waals surface area contributed by atoms with Crippen LogP contribution < -0.4 is 0 Å². The summed E-state index contributed by atoms with van der Waals surface area (Å²) in [5.74, 6) is 0.000215. The van der Waals surface area contributed by atoms with Crippen molar-refractivity contribution in [1.29, 1.82) is 0 Å². The monoisotopic (exact) mass is 273 g/mol. The maximum Gasteiger partial charge on any atom is 0.311 e. The number of nitrogens with zero attached hydrogens (tertiary/aromatic N) is 1. The first-order valence-corrected chi connectivity index (χ1v) is 7.68. The van der Waals surface area contributed by atoms with Crippen molar-refractivity contribution in [3.8, 4) is 0 Å². The lowest BCUT2D eigenvalue weighted by Crippen LogP contribution is -2.35. The van der Waals surface area contributed by atoms with Crippen molar-refractivity contribution < 1.29 is 9.53 Å². The van der Waals surface area contributed by atoms with E-state index >= 15 is 0 Å². The summed E-state index contributed by atoms with van der Waals surface area (Å²) in [7, 11) is 0. The second-order valence-corrected chi connectivity index (χ2v) is 6.28. The number of hydrogen-bond acceptors (Lipinski definition) is 3. The highest BCUT2D eigenvalue weighted by atomic mass is 16.6. The minimum absolute atomic E-state index is 0.0260. The highest BCUT2D eigenvalue weighted by Crippen LogP contribution is 2.39. The second-order valence-electron chi connectivity index (χ2n) is 6.28. The van der Waals surface area contributed by atoms with E-state index in [4.69, 9.17) is 4.74 Å². The van der Waals surface area contributed by atoms with Crippen molar-refractivity contribution >= 4 is 5.97 Å². The van der Waals surface area contributed by atoms with Gasteiger partial charge in [0, 0.05) is 13.0 Å². The molecule has 0 aromatic heterocycles. The Kier molecular flexibility index (Phi) is 3.79. The Hall–Kier alpha value is -1.35. The number of esters is 1. The van der Waals surface area contributed by atoms with E-state index < -0.39 is 5.60 Å². The molecule has 3 rings (SSSR count). The van der Waals surface area contributed by atoms with Crippen molar-refractivity contribution in [2.75, 3.05) is 19.6 Å². The molecule has 0 N–H and O–H groups in total. The van der Waals surface area contributed by atoms with Gasteiger partial charge in [-0.15, -0.1) is 0 Å². The van der Waals surface area contributed by atoms with Crippen LogP contribution >= 0.6 is 0 Å². The summed E-state index contributed by atoms with van der Waals surface area (Å²) in [5.41, 5.74) is 0.660. The van der Waals surface area contributed by atoms with Crippen LogP contribution in [-0.4, -0.2) is 30.5 Å². The molecule has 108 valence electrons. The molecule has 0 amide bonds. The van der Waals surface area contributed by atoms with Crippen LogP contribution in [0.2, 0.25) is 0 Å². The SMILES string of the molecule is C[C@@]1(c2ccccc2)CC(CN2CCCCC2)C(=O)O1. The number of piperidine rings is 1. The van der Waals surface area contributed by atoms with Crippen LogP contribution in [-0.2, 0) is 15.1 Å². The van der Waals surface area contributed by atoms with E-state index in [1.54, 1.807) is 0 Å². The van der Waals surface area contributed by atoms with E-state index in [0.29, 0.717) is 0 Å². The first-order valence-electron chi connectivity index (χ1n) is 7.68. The first kappa shape index (κ1) is 13.6. The van der Waals surface area contributed by atoms with Crippen molar-refractivity contribution in [3.63, 3.8) is 0 Å². The fraction of sp³-hybridized carbons (Fsp3) is 0.588. The number of rotatable bonds is 3. The Bertz CT molecular complexity index is 467. The molecule has 0 bridgehead atoms. The molecule has 2 atom stereocenters. The molecule has 3 nitrogen and oxygen atoms in total. The van der Waals surface area contributed by atoms with Gasteiger partial charge in [0.1, 0.15) is 5.60 Å². The summed E-state index contributed by atoms with van der Waals surface area (Å²) in [4.78, 5) is 14.6. The molecule has 0 saturated carbocycles. The van der Waals surface area contributed by atoms with Crippen LogP contribution in [0, 0.1) is 5.92 Å². The van der Waals surface area contributed by atoms with E-state index in [1.807, 2.05) is 25.1 Å². The molecule has 2 aliphatic heterocycles. The fourth-order valence-electron chi connectivity index (χ4n) is 3.46. The molecular formula is C17H23NO2. The minimum atomic E-state index is -0.446. The van der Waals surface area contributed by atoms with Crippen LogP contribution in [0.5, 0.6) is 0 Å². The Morgan fingerprint density at radius 1 is 1.20 bits per heavy atom. The third-order valence-corrected chi connectivity index (χ3v) is 4.61. The summed E-state index contributed by atoms with van der Waals surface area (Å²) in [6, 6.07) is 10.1. The average Bonchev–Trinajstić information content (AvgIpc) is 2.77. The van der Waals surface area contributed by atoms with Gasteiger partial charge in [-0.05, 0) is 38.4 Å². The fourth-order valence-corrected chi connectivity index (χ4v) is 3.46. The highest BCUT2D eigenvalue weighted by Gasteiger charge is 2.44. The Labute approximate surface area is 120 Å². The molecule has 2 aliphatic rings. The predicted octanol–water partition coefficient (Wildman–Crippen LogP) is 2.95. The Morgan fingerprint density at radius 3 is 2.60 bits per heavy atom. The van der Waals surface area contributed by atoms with Gasteiger partial charge in [-0.1, -0.05) is 36.8 Å². The van der Waals surface area contributed by atoms with Gasteiger partial charge in [0.2, 0.25) is 0 Å². The van der Waals surface area contributed by atoms with Crippen LogP contribution in [0.3, 0.4) is 0 Å². The van der Waals surface area contributed by atoms with Crippen molar-refractivity contribution in [2.24, 2.45) is 5.92 Å². The molecular weight excluding hydrogens is 250 g/mol. The maximum absolute atomic E-state index is 12.2. The first-order chi connectivity index (χ1) is 9.67. The molecule has 20 heavy (non-hydrogen) atoms. The van der Waals surface area contributed by atoms with Crippen LogP contribution in [0.1, 0.15) is 38.2 Å². The van der Waals surface area contributed by atoms with Gasteiger partial charge in [-0.25, -0.2) is 0 Å². The lowest BCUT2D eigenvalue weighted by Gasteiger charge is -2.28. The van der Waals surface area contributed by atoms with Crippen molar-refractivity contribution in [1.82, 2.24) is 4.90 Å². The molecule has 0 radical (unpaired) electrons. The van der Waals surface area contributed by atoms with Gasteiger partial charge in [-0.3, -0.25) is 4.79 Å². The molecule has 2 heterocycles. The Morgan fingerprint density at radius 2 is 1.90 bits per heavy atom. The minimum Gasteiger partial charge on any atom is -0.454 e. The van der Waals surface area contributed by atoms with Crippen LogP contribution in [0.25, 0.3) is 0 Å². The average molecular weight is 273 g/mol. The molecule has 0 spiro atoms.